The highest BCUT2D eigenvalue weighted by Gasteiger charge is 2.25. The van der Waals surface area contributed by atoms with E-state index in [0.29, 0.717) is 55.6 Å². The predicted molar refractivity (Wildman–Crippen MR) is 105 cm³/mol. The van der Waals surface area contributed by atoms with Gasteiger partial charge in [0.25, 0.3) is 5.91 Å². The van der Waals surface area contributed by atoms with Crippen LogP contribution < -0.4 is 0 Å². The van der Waals surface area contributed by atoms with Crippen LogP contribution in [0, 0.1) is 5.92 Å². The zero-order chi connectivity index (χ0) is 19.4. The van der Waals surface area contributed by atoms with E-state index in [1.54, 1.807) is 22.0 Å². The normalized spacial score (nSPS) is 14.7. The van der Waals surface area contributed by atoms with Crippen molar-refractivity contribution in [3.8, 4) is 0 Å². The standard InChI is InChI=1S/C20H25ClN4O2/c1-15(2)11-19(26)23-7-9-24(10-8-23)20(27)17-12-22-25(14-17)13-16-5-3-4-6-18(16)21/h3-6,12,14-15H,7-11,13H2,1-2H3. The maximum absolute atomic E-state index is 12.7. The summed E-state index contributed by atoms with van der Waals surface area (Å²) >= 11 is 6.19. The first-order valence-corrected chi connectivity index (χ1v) is 9.64. The minimum Gasteiger partial charge on any atom is -0.339 e. The molecule has 3 rings (SSSR count). The van der Waals surface area contributed by atoms with Crippen LogP contribution in [0.3, 0.4) is 0 Å². The summed E-state index contributed by atoms with van der Waals surface area (Å²) in [6, 6.07) is 7.59. The molecule has 0 unspecified atom stereocenters. The largest absolute Gasteiger partial charge is 0.339 e. The number of nitrogens with zero attached hydrogens (tertiary/aromatic N) is 4. The number of amides is 2. The number of benzene rings is 1. The summed E-state index contributed by atoms with van der Waals surface area (Å²) in [5, 5.41) is 4.97. The van der Waals surface area contributed by atoms with Gasteiger partial charge in [-0.2, -0.15) is 5.10 Å². The molecule has 27 heavy (non-hydrogen) atoms. The van der Waals surface area contributed by atoms with Gasteiger partial charge < -0.3 is 9.80 Å². The Bertz CT molecular complexity index is 810. The van der Waals surface area contributed by atoms with Crippen LogP contribution in [0.15, 0.2) is 36.7 Å². The second-order valence-electron chi connectivity index (χ2n) is 7.29. The molecule has 0 N–H and O–H groups in total. The summed E-state index contributed by atoms with van der Waals surface area (Å²) < 4.78 is 1.72. The molecule has 144 valence electrons. The Kier molecular flexibility index (Phi) is 6.16. The lowest BCUT2D eigenvalue weighted by Gasteiger charge is -2.35. The fraction of sp³-hybridized carbons (Fsp3) is 0.450. The molecule has 1 aromatic carbocycles. The van der Waals surface area contributed by atoms with Crippen LogP contribution in [0.4, 0.5) is 0 Å². The second-order valence-corrected chi connectivity index (χ2v) is 7.70. The molecule has 0 bridgehead atoms. The zero-order valence-electron chi connectivity index (χ0n) is 15.8. The Hall–Kier alpha value is -2.34. The summed E-state index contributed by atoms with van der Waals surface area (Å²) in [7, 11) is 0. The van der Waals surface area contributed by atoms with Gasteiger partial charge in [-0.1, -0.05) is 43.6 Å². The van der Waals surface area contributed by atoms with Crippen LogP contribution >= 0.6 is 11.6 Å². The highest BCUT2D eigenvalue weighted by atomic mass is 35.5. The number of halogens is 1. The molecule has 1 aliphatic rings. The van der Waals surface area contributed by atoms with Crippen LogP contribution in [0.1, 0.15) is 36.2 Å². The predicted octanol–water partition coefficient (Wildman–Crippen LogP) is 2.92. The second kappa shape index (κ2) is 8.57. The molecule has 7 heteroatoms. The third-order valence-electron chi connectivity index (χ3n) is 4.67. The fourth-order valence-electron chi connectivity index (χ4n) is 3.18. The Morgan fingerprint density at radius 2 is 1.78 bits per heavy atom. The molecule has 2 aromatic rings. The molecule has 2 heterocycles. The highest BCUT2D eigenvalue weighted by molar-refractivity contribution is 6.31. The van der Waals surface area contributed by atoms with Gasteiger partial charge in [-0.05, 0) is 17.5 Å². The van der Waals surface area contributed by atoms with Gasteiger partial charge in [0.15, 0.2) is 0 Å². The van der Waals surface area contributed by atoms with Crippen LogP contribution in [0.25, 0.3) is 0 Å². The van der Waals surface area contributed by atoms with Crippen LogP contribution in [-0.2, 0) is 11.3 Å². The van der Waals surface area contributed by atoms with E-state index in [2.05, 4.69) is 5.10 Å². The van der Waals surface area contributed by atoms with Gasteiger partial charge in [0.1, 0.15) is 0 Å². The van der Waals surface area contributed by atoms with Gasteiger partial charge in [0.05, 0.1) is 18.3 Å². The number of hydrogen-bond acceptors (Lipinski definition) is 3. The summed E-state index contributed by atoms with van der Waals surface area (Å²) in [6.07, 6.45) is 3.90. The first-order chi connectivity index (χ1) is 12.9. The minimum atomic E-state index is -0.0450. The molecular weight excluding hydrogens is 364 g/mol. The number of rotatable bonds is 5. The fourth-order valence-corrected chi connectivity index (χ4v) is 3.38. The van der Waals surface area contributed by atoms with Crippen molar-refractivity contribution in [1.82, 2.24) is 19.6 Å². The van der Waals surface area contributed by atoms with E-state index in [9.17, 15) is 9.59 Å². The average Bonchev–Trinajstić information content (AvgIpc) is 3.11. The van der Waals surface area contributed by atoms with Crippen LogP contribution in [0.5, 0.6) is 0 Å². The maximum atomic E-state index is 12.7. The SMILES string of the molecule is CC(C)CC(=O)N1CCN(C(=O)c2cnn(Cc3ccccc3Cl)c2)CC1. The van der Waals surface area contributed by atoms with E-state index >= 15 is 0 Å². The van der Waals surface area contributed by atoms with E-state index in [-0.39, 0.29) is 11.8 Å². The summed E-state index contributed by atoms with van der Waals surface area (Å²) in [6.45, 7) is 6.88. The van der Waals surface area contributed by atoms with Crippen LogP contribution in [0.2, 0.25) is 5.02 Å². The lowest BCUT2D eigenvalue weighted by Crippen LogP contribution is -2.50. The third-order valence-corrected chi connectivity index (χ3v) is 5.04. The average molecular weight is 389 g/mol. The Labute approximate surface area is 164 Å². The molecule has 0 spiro atoms. The Balaban J connectivity index is 1.57. The van der Waals surface area contributed by atoms with Crippen molar-refractivity contribution in [3.63, 3.8) is 0 Å². The van der Waals surface area contributed by atoms with E-state index < -0.39 is 0 Å². The molecule has 6 nitrogen and oxygen atoms in total. The third kappa shape index (κ3) is 4.89. The number of piperazine rings is 1. The smallest absolute Gasteiger partial charge is 0.257 e. The van der Waals surface area contributed by atoms with Gasteiger partial charge in [-0.25, -0.2) is 0 Å². The number of hydrogen-bond donors (Lipinski definition) is 0. The quantitative estimate of drug-likeness (QED) is 0.791. The highest BCUT2D eigenvalue weighted by Crippen LogP contribution is 2.17. The van der Waals surface area contributed by atoms with Gasteiger partial charge in [-0.3, -0.25) is 14.3 Å². The number of carbonyl (C=O) groups is 2. The Morgan fingerprint density at radius 1 is 1.11 bits per heavy atom. The first-order valence-electron chi connectivity index (χ1n) is 9.27. The van der Waals surface area contributed by atoms with Crippen molar-refractivity contribution in [2.24, 2.45) is 5.92 Å². The van der Waals surface area contributed by atoms with E-state index in [4.69, 9.17) is 11.6 Å². The van der Waals surface area contributed by atoms with Crippen molar-refractivity contribution < 1.29 is 9.59 Å². The van der Waals surface area contributed by atoms with Crippen molar-refractivity contribution in [1.29, 1.82) is 0 Å². The topological polar surface area (TPSA) is 58.4 Å². The Morgan fingerprint density at radius 3 is 2.44 bits per heavy atom. The van der Waals surface area contributed by atoms with Gasteiger partial charge in [-0.15, -0.1) is 0 Å². The van der Waals surface area contributed by atoms with Crippen molar-refractivity contribution in [3.05, 3.63) is 52.8 Å². The molecule has 2 amide bonds. The zero-order valence-corrected chi connectivity index (χ0v) is 16.5. The van der Waals surface area contributed by atoms with Gasteiger partial charge in [0, 0.05) is 43.8 Å². The number of carbonyl (C=O) groups excluding carboxylic acids is 2. The molecular formula is C20H25ClN4O2. The monoisotopic (exact) mass is 388 g/mol. The molecule has 0 radical (unpaired) electrons. The molecule has 0 saturated carbocycles. The lowest BCUT2D eigenvalue weighted by atomic mass is 10.1. The maximum Gasteiger partial charge on any atom is 0.257 e. The van der Waals surface area contributed by atoms with E-state index in [1.807, 2.05) is 43.0 Å². The van der Waals surface area contributed by atoms with Crippen molar-refractivity contribution in [2.45, 2.75) is 26.8 Å². The van der Waals surface area contributed by atoms with Gasteiger partial charge >= 0.3 is 0 Å². The van der Waals surface area contributed by atoms with Crippen LogP contribution in [-0.4, -0.2) is 57.6 Å². The van der Waals surface area contributed by atoms with Gasteiger partial charge in [0.2, 0.25) is 5.91 Å². The molecule has 0 aliphatic carbocycles. The lowest BCUT2D eigenvalue weighted by molar-refractivity contribution is -0.133. The van der Waals surface area contributed by atoms with E-state index in [1.165, 1.54) is 0 Å². The molecule has 1 aliphatic heterocycles. The summed E-state index contributed by atoms with van der Waals surface area (Å²) in [5.74, 6) is 0.474. The van der Waals surface area contributed by atoms with Crippen molar-refractivity contribution in [2.75, 3.05) is 26.2 Å². The summed E-state index contributed by atoms with van der Waals surface area (Å²) in [5.41, 5.74) is 1.52. The first kappa shape index (κ1) is 19.4. The summed E-state index contributed by atoms with van der Waals surface area (Å²) in [4.78, 5) is 28.5. The minimum absolute atomic E-state index is 0.0450. The van der Waals surface area contributed by atoms with Crippen molar-refractivity contribution >= 4 is 23.4 Å². The number of aromatic nitrogens is 2. The molecule has 1 saturated heterocycles. The molecule has 0 atom stereocenters. The van der Waals surface area contributed by atoms with E-state index in [0.717, 1.165) is 5.56 Å². The molecule has 1 fully saturated rings. The molecule has 1 aromatic heterocycles.